The van der Waals surface area contributed by atoms with Crippen LogP contribution < -0.4 is 4.90 Å². The summed E-state index contributed by atoms with van der Waals surface area (Å²) in [5.74, 6) is -0.483. The molecule has 0 radical (unpaired) electrons. The zero-order chi connectivity index (χ0) is 20.4. The van der Waals surface area contributed by atoms with Gasteiger partial charge in [-0.05, 0) is 53.8 Å². The van der Waals surface area contributed by atoms with Gasteiger partial charge in [-0.1, -0.05) is 54.6 Å². The third-order valence-corrected chi connectivity index (χ3v) is 5.37. The maximum Gasteiger partial charge on any atom is 0.416 e. The number of alkyl halides is 3. The van der Waals surface area contributed by atoms with E-state index in [9.17, 15) is 18.0 Å². The summed E-state index contributed by atoms with van der Waals surface area (Å²) in [6, 6.07) is 22.8. The van der Waals surface area contributed by atoms with Crippen molar-refractivity contribution < 1.29 is 18.0 Å². The molecule has 0 aromatic heterocycles. The summed E-state index contributed by atoms with van der Waals surface area (Å²) < 4.78 is 38.4. The molecule has 4 rings (SSSR count). The van der Waals surface area contributed by atoms with Crippen molar-refractivity contribution in [2.45, 2.75) is 24.9 Å². The van der Waals surface area contributed by atoms with Crippen LogP contribution in [0.25, 0.3) is 11.1 Å². The van der Waals surface area contributed by atoms with E-state index in [4.69, 9.17) is 0 Å². The second kappa shape index (κ2) is 7.74. The summed E-state index contributed by atoms with van der Waals surface area (Å²) in [4.78, 5) is 14.8. The van der Waals surface area contributed by atoms with Crippen LogP contribution in [-0.2, 0) is 11.0 Å². The number of benzene rings is 3. The number of amides is 1. The summed E-state index contributed by atoms with van der Waals surface area (Å²) in [6.45, 7) is 0.612. The molecule has 29 heavy (non-hydrogen) atoms. The monoisotopic (exact) mass is 395 g/mol. The van der Waals surface area contributed by atoms with E-state index >= 15 is 0 Å². The SMILES string of the molecule is O=C1C(c2ccc(C(F)(F)F)cc2)CCCN1c1ccc(-c2ccccc2)cc1. The molecule has 0 spiro atoms. The van der Waals surface area contributed by atoms with Crippen molar-refractivity contribution in [2.24, 2.45) is 0 Å². The van der Waals surface area contributed by atoms with Crippen LogP contribution in [0.1, 0.15) is 29.9 Å². The topological polar surface area (TPSA) is 20.3 Å². The number of carbonyl (C=O) groups excluding carboxylic acids is 1. The van der Waals surface area contributed by atoms with Gasteiger partial charge >= 0.3 is 6.18 Å². The fraction of sp³-hybridized carbons (Fsp3) is 0.208. The van der Waals surface area contributed by atoms with Gasteiger partial charge in [0.05, 0.1) is 11.5 Å². The molecule has 2 nitrogen and oxygen atoms in total. The maximum absolute atomic E-state index is 13.1. The summed E-state index contributed by atoms with van der Waals surface area (Å²) in [6.07, 6.45) is -2.93. The minimum Gasteiger partial charge on any atom is -0.312 e. The van der Waals surface area contributed by atoms with Crippen LogP contribution in [0.3, 0.4) is 0 Å². The van der Waals surface area contributed by atoms with E-state index in [1.807, 2.05) is 54.6 Å². The Balaban J connectivity index is 1.54. The Hall–Kier alpha value is -3.08. The summed E-state index contributed by atoms with van der Waals surface area (Å²) in [7, 11) is 0. The maximum atomic E-state index is 13.1. The lowest BCUT2D eigenvalue weighted by Crippen LogP contribution is -2.40. The highest BCUT2D eigenvalue weighted by Crippen LogP contribution is 2.34. The quantitative estimate of drug-likeness (QED) is 0.511. The molecule has 1 amide bonds. The summed E-state index contributed by atoms with van der Waals surface area (Å²) >= 11 is 0. The van der Waals surface area contributed by atoms with E-state index in [2.05, 4.69) is 0 Å². The van der Waals surface area contributed by atoms with E-state index in [-0.39, 0.29) is 5.91 Å². The van der Waals surface area contributed by atoms with Crippen LogP contribution in [0.2, 0.25) is 0 Å². The fourth-order valence-electron chi connectivity index (χ4n) is 3.81. The lowest BCUT2D eigenvalue weighted by Gasteiger charge is -2.32. The van der Waals surface area contributed by atoms with Gasteiger partial charge in [-0.2, -0.15) is 13.2 Å². The Morgan fingerprint density at radius 2 is 1.41 bits per heavy atom. The highest BCUT2D eigenvalue weighted by Gasteiger charge is 2.33. The van der Waals surface area contributed by atoms with Crippen molar-refractivity contribution in [3.63, 3.8) is 0 Å². The Bertz CT molecular complexity index is 979. The van der Waals surface area contributed by atoms with Crippen LogP contribution in [0.15, 0.2) is 78.9 Å². The Morgan fingerprint density at radius 1 is 0.793 bits per heavy atom. The molecular formula is C24H20F3NO. The van der Waals surface area contributed by atoms with Crippen molar-refractivity contribution >= 4 is 11.6 Å². The number of hydrogen-bond donors (Lipinski definition) is 0. The van der Waals surface area contributed by atoms with Crippen LogP contribution in [-0.4, -0.2) is 12.5 Å². The predicted octanol–water partition coefficient (Wildman–Crippen LogP) is 6.28. The number of nitrogens with zero attached hydrogens (tertiary/aromatic N) is 1. The van der Waals surface area contributed by atoms with Crippen LogP contribution >= 0.6 is 0 Å². The Kier molecular flexibility index (Phi) is 5.14. The van der Waals surface area contributed by atoms with Gasteiger partial charge in [0.1, 0.15) is 0 Å². The molecule has 0 N–H and O–H groups in total. The molecule has 3 aromatic carbocycles. The van der Waals surface area contributed by atoms with Crippen LogP contribution in [0.4, 0.5) is 18.9 Å². The van der Waals surface area contributed by atoms with Gasteiger partial charge in [0, 0.05) is 12.2 Å². The average Bonchev–Trinajstić information content (AvgIpc) is 2.74. The number of carbonyl (C=O) groups is 1. The van der Waals surface area contributed by atoms with Crippen molar-refractivity contribution in [1.82, 2.24) is 0 Å². The molecule has 3 aromatic rings. The van der Waals surface area contributed by atoms with E-state index in [1.54, 1.807) is 4.90 Å². The summed E-state index contributed by atoms with van der Waals surface area (Å²) in [5, 5.41) is 0. The number of piperidine rings is 1. The molecule has 5 heteroatoms. The molecular weight excluding hydrogens is 375 g/mol. The van der Waals surface area contributed by atoms with E-state index < -0.39 is 17.7 Å². The van der Waals surface area contributed by atoms with Gasteiger partial charge in [0.2, 0.25) is 5.91 Å². The van der Waals surface area contributed by atoms with Gasteiger partial charge < -0.3 is 4.90 Å². The largest absolute Gasteiger partial charge is 0.416 e. The second-order valence-corrected chi connectivity index (χ2v) is 7.22. The Morgan fingerprint density at radius 3 is 2.03 bits per heavy atom. The zero-order valence-electron chi connectivity index (χ0n) is 15.7. The first-order chi connectivity index (χ1) is 13.9. The standard InChI is InChI=1S/C24H20F3NO/c25-24(26,27)20-12-8-19(9-13-20)22-7-4-16-28(23(22)29)21-14-10-18(11-15-21)17-5-2-1-3-6-17/h1-3,5-6,8-15,22H,4,7,16H2. The van der Waals surface area contributed by atoms with E-state index in [0.29, 0.717) is 18.5 Å². The molecule has 148 valence electrons. The third-order valence-electron chi connectivity index (χ3n) is 5.37. The van der Waals surface area contributed by atoms with Crippen molar-refractivity contribution in [1.29, 1.82) is 0 Å². The first-order valence-corrected chi connectivity index (χ1v) is 9.57. The molecule has 0 bridgehead atoms. The highest BCUT2D eigenvalue weighted by molar-refractivity contribution is 5.99. The van der Waals surface area contributed by atoms with Gasteiger partial charge in [0.25, 0.3) is 0 Å². The number of halogens is 3. The number of anilines is 1. The minimum atomic E-state index is -4.37. The molecule has 1 aliphatic rings. The smallest absolute Gasteiger partial charge is 0.312 e. The minimum absolute atomic E-state index is 0.0662. The first kappa shape index (κ1) is 19.2. The van der Waals surface area contributed by atoms with Gasteiger partial charge in [-0.15, -0.1) is 0 Å². The molecule has 1 unspecified atom stereocenters. The van der Waals surface area contributed by atoms with Crippen molar-refractivity contribution in [3.05, 3.63) is 90.0 Å². The molecule has 0 aliphatic carbocycles. The van der Waals surface area contributed by atoms with Gasteiger partial charge in [-0.3, -0.25) is 4.79 Å². The third kappa shape index (κ3) is 4.04. The lowest BCUT2D eigenvalue weighted by atomic mass is 9.89. The van der Waals surface area contributed by atoms with Gasteiger partial charge in [-0.25, -0.2) is 0 Å². The normalized spacial score (nSPS) is 17.4. The highest BCUT2D eigenvalue weighted by atomic mass is 19.4. The molecule has 1 aliphatic heterocycles. The average molecular weight is 395 g/mol. The Labute approximate surface area is 167 Å². The van der Waals surface area contributed by atoms with Gasteiger partial charge in [0.15, 0.2) is 0 Å². The van der Waals surface area contributed by atoms with Crippen molar-refractivity contribution in [2.75, 3.05) is 11.4 Å². The van der Waals surface area contributed by atoms with Crippen LogP contribution in [0.5, 0.6) is 0 Å². The fourth-order valence-corrected chi connectivity index (χ4v) is 3.81. The first-order valence-electron chi connectivity index (χ1n) is 9.57. The summed E-state index contributed by atoms with van der Waals surface area (Å²) in [5.41, 5.74) is 2.92. The predicted molar refractivity (Wildman–Crippen MR) is 108 cm³/mol. The number of hydrogen-bond acceptors (Lipinski definition) is 1. The zero-order valence-corrected chi connectivity index (χ0v) is 15.7. The number of rotatable bonds is 3. The van der Waals surface area contributed by atoms with Crippen molar-refractivity contribution in [3.8, 4) is 11.1 Å². The molecule has 1 saturated heterocycles. The van der Waals surface area contributed by atoms with Crippen LogP contribution in [0, 0.1) is 0 Å². The second-order valence-electron chi connectivity index (χ2n) is 7.22. The van der Waals surface area contributed by atoms with E-state index in [1.165, 1.54) is 12.1 Å². The molecule has 1 heterocycles. The lowest BCUT2D eigenvalue weighted by molar-refractivity contribution is -0.137. The molecule has 1 atom stereocenters. The molecule has 1 fully saturated rings. The molecule has 0 saturated carbocycles. The van der Waals surface area contributed by atoms with E-state index in [0.717, 1.165) is 35.4 Å².